The van der Waals surface area contributed by atoms with Crippen LogP contribution in [0.1, 0.15) is 104 Å². The van der Waals surface area contributed by atoms with Crippen LogP contribution in [0.2, 0.25) is 0 Å². The molecule has 0 amide bonds. The fourth-order valence-electron chi connectivity index (χ4n) is 4.91. The Labute approximate surface area is 216 Å². The van der Waals surface area contributed by atoms with Crippen molar-refractivity contribution in [1.29, 1.82) is 0 Å². The molecule has 0 saturated carbocycles. The summed E-state index contributed by atoms with van der Waals surface area (Å²) in [6.45, 7) is 12.1. The van der Waals surface area contributed by atoms with Crippen LogP contribution < -0.4 is 4.67 Å². The van der Waals surface area contributed by atoms with E-state index in [-0.39, 0.29) is 6.04 Å². The van der Waals surface area contributed by atoms with Gasteiger partial charge in [0.05, 0.1) is 6.04 Å². The van der Waals surface area contributed by atoms with Gasteiger partial charge in [-0.1, -0.05) is 137 Å². The summed E-state index contributed by atoms with van der Waals surface area (Å²) in [4.78, 5) is 0. The summed E-state index contributed by atoms with van der Waals surface area (Å²) in [7, 11) is 0. The van der Waals surface area contributed by atoms with Crippen molar-refractivity contribution in [3.63, 3.8) is 0 Å². The summed E-state index contributed by atoms with van der Waals surface area (Å²) >= 11 is 14.0. The minimum Gasteiger partial charge on any atom is -0.314 e. The van der Waals surface area contributed by atoms with Crippen LogP contribution in [0.5, 0.6) is 0 Å². The highest BCUT2D eigenvalue weighted by molar-refractivity contribution is 8.04. The monoisotopic (exact) mass is 509 g/mol. The first-order chi connectivity index (χ1) is 16.2. The zero-order valence-electron chi connectivity index (χ0n) is 20.9. The largest absolute Gasteiger partial charge is 0.314 e. The van der Waals surface area contributed by atoms with E-state index in [9.17, 15) is 0 Å². The Bertz CT molecular complexity index is 1120. The van der Waals surface area contributed by atoms with Gasteiger partial charge in [-0.05, 0) is 56.7 Å². The van der Waals surface area contributed by atoms with Gasteiger partial charge in [0, 0.05) is 5.69 Å². The molecule has 0 aliphatic heterocycles. The first kappa shape index (κ1) is 25.3. The summed E-state index contributed by atoms with van der Waals surface area (Å²) in [5, 5.41) is 0. The van der Waals surface area contributed by atoms with Crippen LogP contribution in [0.25, 0.3) is 12.2 Å². The molecule has 3 aromatic rings. The van der Waals surface area contributed by atoms with Crippen molar-refractivity contribution in [2.45, 2.75) is 65.3 Å². The minimum atomic E-state index is -1.48. The summed E-state index contributed by atoms with van der Waals surface area (Å²) in [5.74, 6) is 1.13. The molecule has 1 nitrogen and oxygen atoms in total. The van der Waals surface area contributed by atoms with E-state index in [0.717, 1.165) is 0 Å². The molecule has 0 N–H and O–H groups in total. The van der Waals surface area contributed by atoms with Gasteiger partial charge in [0.1, 0.15) is 0 Å². The first-order valence-corrected chi connectivity index (χ1v) is 15.3. The van der Waals surface area contributed by atoms with Crippen LogP contribution in [0.4, 0.5) is 5.69 Å². The average molecular weight is 510 g/mol. The number of hydrogen-bond acceptors (Lipinski definition) is 1. The van der Waals surface area contributed by atoms with E-state index in [1.165, 1.54) is 44.6 Å². The number of anilines is 1. The van der Waals surface area contributed by atoms with Crippen molar-refractivity contribution in [3.05, 3.63) is 99.6 Å². The lowest BCUT2D eigenvalue weighted by Gasteiger charge is -2.39. The van der Waals surface area contributed by atoms with Crippen molar-refractivity contribution >= 4 is 47.1 Å². The third kappa shape index (κ3) is 4.81. The maximum Gasteiger partial charge on any atom is 0.188 e. The fraction of sp³-hybridized carbons (Fsp3) is 0.333. The summed E-state index contributed by atoms with van der Waals surface area (Å²) in [6, 6.07) is 21.9. The number of nitrogens with zero attached hydrogens (tertiary/aromatic N) is 1. The molecular weight excluding hydrogens is 476 g/mol. The molecule has 0 atom stereocenters. The van der Waals surface area contributed by atoms with Crippen molar-refractivity contribution in [1.82, 2.24) is 0 Å². The minimum absolute atomic E-state index is 0.0802. The van der Waals surface area contributed by atoms with Crippen LogP contribution in [0.3, 0.4) is 0 Å². The van der Waals surface area contributed by atoms with Gasteiger partial charge >= 0.3 is 0 Å². The van der Waals surface area contributed by atoms with Crippen LogP contribution in [0, 0.1) is 0 Å². The Morgan fingerprint density at radius 3 is 1.50 bits per heavy atom. The summed E-state index contributed by atoms with van der Waals surface area (Å²) in [5.41, 5.74) is 10.1. The summed E-state index contributed by atoms with van der Waals surface area (Å²) in [6.07, 6.45) is 4.43. The normalized spacial score (nSPS) is 13.5. The number of hydrogen-bond donors (Lipinski definition) is 0. The highest BCUT2D eigenvalue weighted by Gasteiger charge is 2.35. The molecule has 0 fully saturated rings. The van der Waals surface area contributed by atoms with Gasteiger partial charge in [-0.15, -0.1) is 0 Å². The fourth-order valence-corrected chi connectivity index (χ4v) is 6.69. The molecule has 0 unspecified atom stereocenters. The molecule has 0 radical (unpaired) electrons. The molecule has 3 aromatic carbocycles. The lowest BCUT2D eigenvalue weighted by molar-refractivity contribution is 0.780. The van der Waals surface area contributed by atoms with Crippen LogP contribution in [-0.2, 0) is 0 Å². The van der Waals surface area contributed by atoms with Gasteiger partial charge in [0.2, 0.25) is 0 Å². The van der Waals surface area contributed by atoms with Gasteiger partial charge in [0.15, 0.2) is 6.78 Å². The predicted molar refractivity (Wildman–Crippen MR) is 153 cm³/mol. The third-order valence-corrected chi connectivity index (χ3v) is 8.50. The topological polar surface area (TPSA) is 3.24 Å². The summed E-state index contributed by atoms with van der Waals surface area (Å²) < 4.78 is 2.32. The second kappa shape index (κ2) is 10.4. The Balaban J connectivity index is 2.07. The zero-order chi connectivity index (χ0) is 24.6. The van der Waals surface area contributed by atoms with Crippen LogP contribution in [-0.4, -0.2) is 0 Å². The third-order valence-electron chi connectivity index (χ3n) is 6.76. The smallest absolute Gasteiger partial charge is 0.188 e. The highest BCUT2D eigenvalue weighted by atomic mass is 35.9. The van der Waals surface area contributed by atoms with E-state index in [4.69, 9.17) is 22.5 Å². The average Bonchev–Trinajstić information content (AvgIpc) is 2.96. The Morgan fingerprint density at radius 2 is 1.12 bits per heavy atom. The SMILES string of the molecule is CC(C)c1cc(C(C)C)c(N(C2c3ccccc3C=Cc3ccccc32)P(Cl)Cl)c(C(C)C)c1. The van der Waals surface area contributed by atoms with Gasteiger partial charge in [0.25, 0.3) is 0 Å². The van der Waals surface area contributed by atoms with Crippen molar-refractivity contribution in [3.8, 4) is 0 Å². The first-order valence-electron chi connectivity index (χ1n) is 12.1. The number of fused-ring (bicyclic) bond motifs is 2. The lowest BCUT2D eigenvalue weighted by atomic mass is 9.86. The molecule has 4 heteroatoms. The Morgan fingerprint density at radius 1 is 0.676 bits per heavy atom. The Kier molecular flexibility index (Phi) is 7.78. The van der Waals surface area contributed by atoms with Gasteiger partial charge in [-0.25, -0.2) is 0 Å². The Hall–Kier alpha value is -1.79. The molecule has 0 saturated heterocycles. The lowest BCUT2D eigenvalue weighted by Crippen LogP contribution is -2.26. The second-order valence-corrected chi connectivity index (χ2v) is 13.4. The second-order valence-electron chi connectivity index (χ2n) is 10.1. The molecule has 0 bridgehead atoms. The van der Waals surface area contributed by atoms with E-state index < -0.39 is 6.78 Å². The molecule has 178 valence electrons. The van der Waals surface area contributed by atoms with Crippen LogP contribution in [0.15, 0.2) is 60.7 Å². The van der Waals surface area contributed by atoms with E-state index in [0.29, 0.717) is 17.8 Å². The molecular formula is C30H34Cl2NP. The molecule has 1 aliphatic carbocycles. The highest BCUT2D eigenvalue weighted by Crippen LogP contribution is 2.61. The number of rotatable bonds is 6. The van der Waals surface area contributed by atoms with E-state index in [2.05, 4.69) is 119 Å². The number of benzene rings is 3. The van der Waals surface area contributed by atoms with Gasteiger partial charge in [-0.2, -0.15) is 0 Å². The van der Waals surface area contributed by atoms with Gasteiger partial charge < -0.3 is 4.67 Å². The maximum absolute atomic E-state index is 6.99. The molecule has 34 heavy (non-hydrogen) atoms. The molecule has 0 aromatic heterocycles. The van der Waals surface area contributed by atoms with E-state index in [1.807, 2.05) is 0 Å². The predicted octanol–water partition coefficient (Wildman–Crippen LogP) is 10.8. The van der Waals surface area contributed by atoms with Crippen LogP contribution >= 0.6 is 29.3 Å². The molecule has 4 rings (SSSR count). The van der Waals surface area contributed by atoms with Gasteiger partial charge in [-0.3, -0.25) is 0 Å². The van der Waals surface area contributed by atoms with Crippen molar-refractivity contribution in [2.75, 3.05) is 4.67 Å². The molecule has 0 spiro atoms. The van der Waals surface area contributed by atoms with E-state index >= 15 is 0 Å². The van der Waals surface area contributed by atoms with Crippen molar-refractivity contribution in [2.24, 2.45) is 0 Å². The number of halogens is 2. The van der Waals surface area contributed by atoms with Crippen molar-refractivity contribution < 1.29 is 0 Å². The quantitative estimate of drug-likeness (QED) is 0.298. The standard InChI is InChI=1S/C30H34Cl2NP/c1-19(2)24-17-27(20(3)4)30(28(18-24)21(5)6)33(34(31)32)29-25-13-9-7-11-22(25)15-16-23-12-8-10-14-26(23)29/h7-21,29H,1-6H3. The zero-order valence-corrected chi connectivity index (χ0v) is 23.3. The molecule has 1 aliphatic rings. The maximum atomic E-state index is 6.99. The molecule has 0 heterocycles. The van der Waals surface area contributed by atoms with E-state index in [1.54, 1.807) is 0 Å².